The third kappa shape index (κ3) is 6.96. The highest BCUT2D eigenvalue weighted by atomic mass is 79.9. The number of methoxy groups -OCH3 is 1. The first-order valence-electron chi connectivity index (χ1n) is 9.50. The number of hydrogen-bond donors (Lipinski definition) is 2. The van der Waals surface area contributed by atoms with Crippen LogP contribution in [0.1, 0.15) is 11.1 Å². The van der Waals surface area contributed by atoms with Gasteiger partial charge in [-0.2, -0.15) is 5.10 Å². The number of halogens is 3. The number of carbonyl (C=O) groups is 1. The SMILES string of the molecule is COc1cc(/C=N\NC(=O)CNc2ccc(F)cc2)cc(Br)c1OCc1ccc(Cl)cc1. The summed E-state index contributed by atoms with van der Waals surface area (Å²) in [5.74, 6) is 0.373. The lowest BCUT2D eigenvalue weighted by Gasteiger charge is -2.13. The van der Waals surface area contributed by atoms with E-state index in [9.17, 15) is 9.18 Å². The van der Waals surface area contributed by atoms with Gasteiger partial charge in [-0.25, -0.2) is 9.82 Å². The van der Waals surface area contributed by atoms with Crippen molar-refractivity contribution in [2.75, 3.05) is 19.0 Å². The number of anilines is 1. The summed E-state index contributed by atoms with van der Waals surface area (Å²) in [6, 6.07) is 16.6. The van der Waals surface area contributed by atoms with E-state index in [1.54, 1.807) is 43.5 Å². The maximum Gasteiger partial charge on any atom is 0.259 e. The molecule has 0 aliphatic carbocycles. The first-order chi connectivity index (χ1) is 15.4. The number of nitrogens with zero attached hydrogens (tertiary/aromatic N) is 1. The molecule has 9 heteroatoms. The Balaban J connectivity index is 1.57. The summed E-state index contributed by atoms with van der Waals surface area (Å²) < 4.78 is 24.9. The van der Waals surface area contributed by atoms with E-state index >= 15 is 0 Å². The second kappa shape index (κ2) is 11.5. The molecule has 6 nitrogen and oxygen atoms in total. The number of hydrazone groups is 1. The highest BCUT2D eigenvalue weighted by molar-refractivity contribution is 9.10. The van der Waals surface area contributed by atoms with Gasteiger partial charge in [0.05, 0.1) is 24.3 Å². The standard InChI is InChI=1S/C23H20BrClFN3O3/c1-31-21-11-16(10-20(24)23(21)32-14-15-2-4-17(25)5-3-15)12-28-29-22(30)13-27-19-8-6-18(26)7-9-19/h2-12,27H,13-14H2,1H3,(H,29,30)/b28-12-. The van der Waals surface area contributed by atoms with Gasteiger partial charge in [-0.3, -0.25) is 4.79 Å². The van der Waals surface area contributed by atoms with E-state index in [0.717, 1.165) is 5.56 Å². The van der Waals surface area contributed by atoms with Crippen molar-refractivity contribution < 1.29 is 18.7 Å². The minimum atomic E-state index is -0.348. The molecule has 32 heavy (non-hydrogen) atoms. The summed E-state index contributed by atoms with van der Waals surface area (Å²) in [6.45, 7) is 0.337. The maximum absolute atomic E-state index is 12.9. The van der Waals surface area contributed by atoms with Crippen LogP contribution in [0.3, 0.4) is 0 Å². The van der Waals surface area contributed by atoms with E-state index in [4.69, 9.17) is 21.1 Å². The van der Waals surface area contributed by atoms with Crippen molar-refractivity contribution in [3.8, 4) is 11.5 Å². The van der Waals surface area contributed by atoms with Gasteiger partial charge in [0.15, 0.2) is 11.5 Å². The van der Waals surface area contributed by atoms with Crippen LogP contribution < -0.4 is 20.2 Å². The molecular formula is C23H20BrClFN3O3. The molecule has 3 aromatic rings. The molecular weight excluding hydrogens is 501 g/mol. The fourth-order valence-electron chi connectivity index (χ4n) is 2.66. The van der Waals surface area contributed by atoms with Gasteiger partial charge in [0, 0.05) is 10.7 Å². The summed E-state index contributed by atoms with van der Waals surface area (Å²) >= 11 is 9.40. The van der Waals surface area contributed by atoms with Crippen LogP contribution in [0.15, 0.2) is 70.2 Å². The zero-order valence-corrected chi connectivity index (χ0v) is 19.4. The molecule has 0 fully saturated rings. The van der Waals surface area contributed by atoms with E-state index in [2.05, 4.69) is 31.8 Å². The summed E-state index contributed by atoms with van der Waals surface area (Å²) in [5.41, 5.74) is 4.72. The van der Waals surface area contributed by atoms with Gasteiger partial charge in [-0.05, 0) is 75.6 Å². The Morgan fingerprint density at radius 1 is 1.16 bits per heavy atom. The van der Waals surface area contributed by atoms with Crippen molar-refractivity contribution in [3.63, 3.8) is 0 Å². The fraction of sp³-hybridized carbons (Fsp3) is 0.130. The zero-order valence-electron chi connectivity index (χ0n) is 17.1. The lowest BCUT2D eigenvalue weighted by Crippen LogP contribution is -2.25. The molecule has 2 N–H and O–H groups in total. The molecule has 166 valence electrons. The number of nitrogens with one attached hydrogen (secondary N) is 2. The maximum atomic E-state index is 12.9. The van der Waals surface area contributed by atoms with Gasteiger partial charge in [0.25, 0.3) is 5.91 Å². The second-order valence-corrected chi connectivity index (χ2v) is 7.89. The Kier molecular flexibility index (Phi) is 8.47. The van der Waals surface area contributed by atoms with Crippen molar-refractivity contribution in [1.82, 2.24) is 5.43 Å². The molecule has 0 spiro atoms. The van der Waals surface area contributed by atoms with Crippen LogP contribution in [0.2, 0.25) is 5.02 Å². The van der Waals surface area contributed by atoms with Gasteiger partial charge < -0.3 is 14.8 Å². The zero-order chi connectivity index (χ0) is 22.9. The predicted molar refractivity (Wildman–Crippen MR) is 127 cm³/mol. The van der Waals surface area contributed by atoms with Gasteiger partial charge in [-0.15, -0.1) is 0 Å². The minimum Gasteiger partial charge on any atom is -0.493 e. The molecule has 0 aliphatic heterocycles. The first-order valence-corrected chi connectivity index (χ1v) is 10.7. The number of amides is 1. The number of hydrogen-bond acceptors (Lipinski definition) is 5. The van der Waals surface area contributed by atoms with E-state index in [1.165, 1.54) is 18.3 Å². The third-order valence-electron chi connectivity index (χ3n) is 4.25. The normalized spacial score (nSPS) is 10.8. The average Bonchev–Trinajstić information content (AvgIpc) is 2.79. The van der Waals surface area contributed by atoms with Crippen LogP contribution in [-0.2, 0) is 11.4 Å². The van der Waals surface area contributed by atoms with Crippen molar-refractivity contribution in [1.29, 1.82) is 0 Å². The van der Waals surface area contributed by atoms with Crippen LogP contribution in [-0.4, -0.2) is 25.8 Å². The molecule has 0 saturated carbocycles. The van der Waals surface area contributed by atoms with Gasteiger partial charge in [-0.1, -0.05) is 23.7 Å². The Morgan fingerprint density at radius 3 is 2.56 bits per heavy atom. The van der Waals surface area contributed by atoms with Gasteiger partial charge in [0.1, 0.15) is 12.4 Å². The van der Waals surface area contributed by atoms with Gasteiger partial charge in [0.2, 0.25) is 0 Å². The monoisotopic (exact) mass is 519 g/mol. The lowest BCUT2D eigenvalue weighted by atomic mass is 10.2. The van der Waals surface area contributed by atoms with Crippen LogP contribution in [0.25, 0.3) is 0 Å². The topological polar surface area (TPSA) is 72.0 Å². The minimum absolute atomic E-state index is 0.00648. The molecule has 3 rings (SSSR count). The molecule has 0 heterocycles. The van der Waals surface area contributed by atoms with Crippen molar-refractivity contribution in [2.45, 2.75) is 6.61 Å². The average molecular weight is 521 g/mol. The number of benzene rings is 3. The lowest BCUT2D eigenvalue weighted by molar-refractivity contribution is -0.119. The Labute approximate surface area is 198 Å². The third-order valence-corrected chi connectivity index (χ3v) is 5.09. The first kappa shape index (κ1) is 23.6. The van der Waals surface area contributed by atoms with E-state index in [-0.39, 0.29) is 18.3 Å². The highest BCUT2D eigenvalue weighted by Gasteiger charge is 2.12. The van der Waals surface area contributed by atoms with Crippen molar-refractivity contribution >= 4 is 45.3 Å². The van der Waals surface area contributed by atoms with E-state index in [0.29, 0.717) is 38.9 Å². The summed E-state index contributed by atoms with van der Waals surface area (Å²) in [6.07, 6.45) is 1.49. The summed E-state index contributed by atoms with van der Waals surface area (Å²) in [7, 11) is 1.54. The number of rotatable bonds is 9. The molecule has 0 aromatic heterocycles. The smallest absolute Gasteiger partial charge is 0.259 e. The van der Waals surface area contributed by atoms with Crippen LogP contribution in [0.5, 0.6) is 11.5 Å². The molecule has 3 aromatic carbocycles. The molecule has 0 aliphatic rings. The molecule has 0 atom stereocenters. The predicted octanol–water partition coefficient (Wildman–Crippen LogP) is 5.39. The Hall–Kier alpha value is -3.10. The van der Waals surface area contributed by atoms with E-state index in [1.807, 2.05) is 12.1 Å². The molecule has 0 bridgehead atoms. The fourth-order valence-corrected chi connectivity index (χ4v) is 3.36. The molecule has 1 amide bonds. The quantitative estimate of drug-likeness (QED) is 0.293. The van der Waals surface area contributed by atoms with E-state index < -0.39 is 0 Å². The molecule has 0 unspecified atom stereocenters. The second-order valence-electron chi connectivity index (χ2n) is 6.60. The number of carbonyl (C=O) groups excluding carboxylic acids is 1. The van der Waals surface area contributed by atoms with Crippen molar-refractivity contribution in [2.24, 2.45) is 5.10 Å². The summed E-state index contributed by atoms with van der Waals surface area (Å²) in [4.78, 5) is 11.9. The largest absolute Gasteiger partial charge is 0.493 e. The highest BCUT2D eigenvalue weighted by Crippen LogP contribution is 2.36. The number of ether oxygens (including phenoxy) is 2. The molecule has 0 saturated heterocycles. The summed E-state index contributed by atoms with van der Waals surface area (Å²) in [5, 5.41) is 7.50. The van der Waals surface area contributed by atoms with Crippen molar-refractivity contribution in [3.05, 3.63) is 87.1 Å². The van der Waals surface area contributed by atoms with Crippen LogP contribution in [0.4, 0.5) is 10.1 Å². The Bertz CT molecular complexity index is 1090. The van der Waals surface area contributed by atoms with Crippen LogP contribution >= 0.6 is 27.5 Å². The Morgan fingerprint density at radius 2 is 1.88 bits per heavy atom. The van der Waals surface area contributed by atoms with Crippen LogP contribution in [0, 0.1) is 5.82 Å². The van der Waals surface area contributed by atoms with Gasteiger partial charge >= 0.3 is 0 Å². The molecule has 0 radical (unpaired) electrons.